The van der Waals surface area contributed by atoms with Crippen LogP contribution in [0.5, 0.6) is 0 Å². The summed E-state index contributed by atoms with van der Waals surface area (Å²) in [5, 5.41) is 0. The van der Waals surface area contributed by atoms with Crippen molar-refractivity contribution in [2.45, 2.75) is 45.8 Å². The summed E-state index contributed by atoms with van der Waals surface area (Å²) in [6.07, 6.45) is 0.123. The van der Waals surface area contributed by atoms with Gasteiger partial charge in [0.2, 0.25) is 5.91 Å². The lowest BCUT2D eigenvalue weighted by molar-refractivity contribution is -0.135. The largest absolute Gasteiger partial charge is 0.444 e. The quantitative estimate of drug-likeness (QED) is 0.806. The molecule has 0 aromatic heterocycles. The molecule has 6 nitrogen and oxygen atoms in total. The Morgan fingerprint density at radius 3 is 2.42 bits per heavy atom. The van der Waals surface area contributed by atoms with Crippen LogP contribution in [0, 0.1) is 0 Å². The highest BCUT2D eigenvalue weighted by Crippen LogP contribution is 2.15. The number of carbonyl (C=O) groups is 2. The molecular weight excluding hydrogens is 246 g/mol. The van der Waals surface area contributed by atoms with E-state index in [9.17, 15) is 9.59 Å². The van der Waals surface area contributed by atoms with Crippen LogP contribution in [0.3, 0.4) is 0 Å². The second kappa shape index (κ2) is 6.23. The van der Waals surface area contributed by atoms with E-state index in [0.29, 0.717) is 32.6 Å². The molecule has 0 saturated carbocycles. The normalized spacial score (nSPS) is 20.4. The van der Waals surface area contributed by atoms with Gasteiger partial charge in [-0.15, -0.1) is 0 Å². The number of carbonyl (C=O) groups excluding carboxylic acids is 2. The first kappa shape index (κ1) is 15.8. The summed E-state index contributed by atoms with van der Waals surface area (Å²) in [6, 6.07) is -0.117. The fraction of sp³-hybridized carbons (Fsp3) is 0.846. The van der Waals surface area contributed by atoms with E-state index in [1.807, 2.05) is 27.7 Å². The molecule has 110 valence electrons. The van der Waals surface area contributed by atoms with E-state index in [2.05, 4.69) is 0 Å². The van der Waals surface area contributed by atoms with Crippen LogP contribution in [0.15, 0.2) is 0 Å². The smallest absolute Gasteiger partial charge is 0.410 e. The molecule has 2 amide bonds. The standard InChI is InChI=1S/C13H25N3O3/c1-5-11(17)16-7-6-15(9-10(16)8-14)12(18)19-13(2,3)4/h10H,5-9,14H2,1-4H3. The monoisotopic (exact) mass is 271 g/mol. The number of hydrogen-bond acceptors (Lipinski definition) is 4. The molecule has 0 spiro atoms. The summed E-state index contributed by atoms with van der Waals surface area (Å²) < 4.78 is 5.33. The molecule has 0 radical (unpaired) electrons. The van der Waals surface area contributed by atoms with E-state index in [0.717, 1.165) is 0 Å². The van der Waals surface area contributed by atoms with Crippen molar-refractivity contribution in [3.8, 4) is 0 Å². The molecule has 0 aromatic rings. The van der Waals surface area contributed by atoms with Crippen LogP contribution in [0.1, 0.15) is 34.1 Å². The number of rotatable bonds is 2. The lowest BCUT2D eigenvalue weighted by Crippen LogP contribution is -2.59. The molecular formula is C13H25N3O3. The van der Waals surface area contributed by atoms with Gasteiger partial charge in [0, 0.05) is 32.6 Å². The number of amides is 2. The SMILES string of the molecule is CCC(=O)N1CCN(C(=O)OC(C)(C)C)CC1CN. The summed E-state index contributed by atoms with van der Waals surface area (Å²) in [5.41, 5.74) is 5.19. The van der Waals surface area contributed by atoms with Gasteiger partial charge >= 0.3 is 6.09 Å². The third-order valence-electron chi connectivity index (χ3n) is 3.03. The predicted octanol–water partition coefficient (Wildman–Crippen LogP) is 0.803. The van der Waals surface area contributed by atoms with Crippen LogP contribution in [0.2, 0.25) is 0 Å². The van der Waals surface area contributed by atoms with Crippen molar-refractivity contribution in [3.63, 3.8) is 0 Å². The zero-order chi connectivity index (χ0) is 14.6. The van der Waals surface area contributed by atoms with Gasteiger partial charge < -0.3 is 20.3 Å². The van der Waals surface area contributed by atoms with E-state index in [1.165, 1.54) is 0 Å². The van der Waals surface area contributed by atoms with Gasteiger partial charge in [0.15, 0.2) is 0 Å². The first-order valence-electron chi connectivity index (χ1n) is 6.76. The lowest BCUT2D eigenvalue weighted by Gasteiger charge is -2.41. The summed E-state index contributed by atoms with van der Waals surface area (Å²) >= 11 is 0. The van der Waals surface area contributed by atoms with Crippen LogP contribution in [-0.4, -0.2) is 59.6 Å². The van der Waals surface area contributed by atoms with Gasteiger partial charge in [0.05, 0.1) is 6.04 Å². The van der Waals surface area contributed by atoms with Crippen molar-refractivity contribution in [2.24, 2.45) is 5.73 Å². The highest BCUT2D eigenvalue weighted by Gasteiger charge is 2.32. The van der Waals surface area contributed by atoms with E-state index >= 15 is 0 Å². The van der Waals surface area contributed by atoms with E-state index in [1.54, 1.807) is 9.80 Å². The molecule has 0 aromatic carbocycles. The van der Waals surface area contributed by atoms with Gasteiger partial charge in [-0.1, -0.05) is 6.92 Å². The fourth-order valence-corrected chi connectivity index (χ4v) is 2.08. The lowest BCUT2D eigenvalue weighted by atomic mass is 10.1. The number of hydrogen-bond donors (Lipinski definition) is 1. The van der Waals surface area contributed by atoms with Crippen LogP contribution in [-0.2, 0) is 9.53 Å². The van der Waals surface area contributed by atoms with Gasteiger partial charge in [0.1, 0.15) is 5.60 Å². The third-order valence-corrected chi connectivity index (χ3v) is 3.03. The minimum atomic E-state index is -0.508. The highest BCUT2D eigenvalue weighted by molar-refractivity contribution is 5.77. The second-order valence-electron chi connectivity index (χ2n) is 5.76. The fourth-order valence-electron chi connectivity index (χ4n) is 2.08. The van der Waals surface area contributed by atoms with Crippen molar-refractivity contribution in [1.29, 1.82) is 0 Å². The molecule has 2 N–H and O–H groups in total. The van der Waals surface area contributed by atoms with Crippen molar-refractivity contribution in [1.82, 2.24) is 9.80 Å². The molecule has 0 bridgehead atoms. The van der Waals surface area contributed by atoms with E-state index < -0.39 is 5.60 Å². The van der Waals surface area contributed by atoms with Crippen LogP contribution >= 0.6 is 0 Å². The molecule has 1 atom stereocenters. The average Bonchev–Trinajstić information content (AvgIpc) is 2.35. The first-order valence-corrected chi connectivity index (χ1v) is 6.76. The number of nitrogens with two attached hydrogens (primary N) is 1. The van der Waals surface area contributed by atoms with Crippen molar-refractivity contribution in [3.05, 3.63) is 0 Å². The minimum absolute atomic E-state index is 0.0827. The maximum atomic E-state index is 12.0. The van der Waals surface area contributed by atoms with Crippen molar-refractivity contribution in [2.75, 3.05) is 26.2 Å². The molecule has 1 aliphatic rings. The Bertz CT molecular complexity index is 339. The zero-order valence-corrected chi connectivity index (χ0v) is 12.3. The Morgan fingerprint density at radius 2 is 1.95 bits per heavy atom. The Kier molecular flexibility index (Phi) is 5.17. The van der Waals surface area contributed by atoms with Crippen LogP contribution in [0.25, 0.3) is 0 Å². The Hall–Kier alpha value is -1.30. The Balaban J connectivity index is 2.64. The van der Waals surface area contributed by atoms with Gasteiger partial charge in [-0.3, -0.25) is 4.79 Å². The average molecular weight is 271 g/mol. The Labute approximate surface area is 114 Å². The molecule has 1 aliphatic heterocycles. The maximum Gasteiger partial charge on any atom is 0.410 e. The van der Waals surface area contributed by atoms with Gasteiger partial charge in [0.25, 0.3) is 0 Å². The predicted molar refractivity (Wildman–Crippen MR) is 72.7 cm³/mol. The molecule has 6 heteroatoms. The molecule has 1 heterocycles. The number of piperazine rings is 1. The molecule has 1 unspecified atom stereocenters. The first-order chi connectivity index (χ1) is 8.78. The van der Waals surface area contributed by atoms with Crippen molar-refractivity contribution < 1.29 is 14.3 Å². The third kappa shape index (κ3) is 4.38. The van der Waals surface area contributed by atoms with E-state index in [-0.39, 0.29) is 18.0 Å². The van der Waals surface area contributed by atoms with Gasteiger partial charge in [-0.05, 0) is 20.8 Å². The molecule has 0 aliphatic carbocycles. The highest BCUT2D eigenvalue weighted by atomic mass is 16.6. The summed E-state index contributed by atoms with van der Waals surface area (Å²) in [6.45, 7) is 9.15. The minimum Gasteiger partial charge on any atom is -0.444 e. The second-order valence-corrected chi connectivity index (χ2v) is 5.76. The van der Waals surface area contributed by atoms with Crippen LogP contribution < -0.4 is 5.73 Å². The topological polar surface area (TPSA) is 75.9 Å². The van der Waals surface area contributed by atoms with Crippen LogP contribution in [0.4, 0.5) is 4.79 Å². The maximum absolute atomic E-state index is 12.0. The summed E-state index contributed by atoms with van der Waals surface area (Å²) in [4.78, 5) is 27.1. The van der Waals surface area contributed by atoms with Gasteiger partial charge in [-0.25, -0.2) is 4.79 Å². The van der Waals surface area contributed by atoms with Crippen molar-refractivity contribution >= 4 is 12.0 Å². The zero-order valence-electron chi connectivity index (χ0n) is 12.3. The molecule has 1 rings (SSSR count). The number of ether oxygens (including phenoxy) is 1. The number of nitrogens with zero attached hydrogens (tertiary/aromatic N) is 2. The molecule has 1 fully saturated rings. The Morgan fingerprint density at radius 1 is 1.32 bits per heavy atom. The molecule has 1 saturated heterocycles. The van der Waals surface area contributed by atoms with E-state index in [4.69, 9.17) is 10.5 Å². The van der Waals surface area contributed by atoms with Gasteiger partial charge in [-0.2, -0.15) is 0 Å². The molecule has 19 heavy (non-hydrogen) atoms. The summed E-state index contributed by atoms with van der Waals surface area (Å²) in [5.74, 6) is 0.0827. The summed E-state index contributed by atoms with van der Waals surface area (Å²) in [7, 11) is 0.